The SMILES string of the molecule is CC(C)(C)OC(=O)NCC#Cc1ccnc(Cl)c1. The van der Waals surface area contributed by atoms with Gasteiger partial charge < -0.3 is 10.1 Å². The van der Waals surface area contributed by atoms with Crippen molar-refractivity contribution in [3.8, 4) is 11.8 Å². The zero-order valence-corrected chi connectivity index (χ0v) is 11.3. The van der Waals surface area contributed by atoms with E-state index in [0.29, 0.717) is 5.15 Å². The van der Waals surface area contributed by atoms with Crippen LogP contribution in [0, 0.1) is 11.8 Å². The second-order valence-electron chi connectivity index (χ2n) is 4.52. The van der Waals surface area contributed by atoms with Gasteiger partial charge in [-0.1, -0.05) is 23.4 Å². The van der Waals surface area contributed by atoms with Gasteiger partial charge in [-0.2, -0.15) is 0 Å². The number of aromatic nitrogens is 1. The number of pyridine rings is 1. The van der Waals surface area contributed by atoms with E-state index in [1.54, 1.807) is 39.1 Å². The van der Waals surface area contributed by atoms with Crippen molar-refractivity contribution in [1.29, 1.82) is 0 Å². The molecule has 0 fully saturated rings. The van der Waals surface area contributed by atoms with Gasteiger partial charge in [0.1, 0.15) is 10.8 Å². The maximum Gasteiger partial charge on any atom is 0.408 e. The minimum absolute atomic E-state index is 0.217. The number of rotatable bonds is 1. The molecule has 1 rings (SSSR count). The van der Waals surface area contributed by atoms with Gasteiger partial charge in [0.15, 0.2) is 0 Å². The molecular formula is C13H15ClN2O2. The van der Waals surface area contributed by atoms with Crippen LogP contribution in [-0.2, 0) is 4.74 Å². The summed E-state index contributed by atoms with van der Waals surface area (Å²) in [4.78, 5) is 15.1. The molecule has 0 saturated carbocycles. The van der Waals surface area contributed by atoms with Gasteiger partial charge in [0.2, 0.25) is 0 Å². The highest BCUT2D eigenvalue weighted by Gasteiger charge is 2.14. The molecule has 0 saturated heterocycles. The van der Waals surface area contributed by atoms with Crippen molar-refractivity contribution in [2.24, 2.45) is 0 Å². The molecule has 1 amide bonds. The Labute approximate surface area is 112 Å². The van der Waals surface area contributed by atoms with Crippen molar-refractivity contribution in [3.05, 3.63) is 29.0 Å². The average Bonchev–Trinajstić information content (AvgIpc) is 2.22. The first-order valence-corrected chi connectivity index (χ1v) is 5.82. The molecule has 0 aliphatic heterocycles. The molecule has 1 aromatic rings. The van der Waals surface area contributed by atoms with Gasteiger partial charge in [0.25, 0.3) is 0 Å². The zero-order chi connectivity index (χ0) is 13.6. The topological polar surface area (TPSA) is 51.2 Å². The molecule has 0 atom stereocenters. The summed E-state index contributed by atoms with van der Waals surface area (Å²) in [6.45, 7) is 5.63. The van der Waals surface area contributed by atoms with Crippen LogP contribution in [0.1, 0.15) is 26.3 Å². The van der Waals surface area contributed by atoms with Gasteiger partial charge in [-0.25, -0.2) is 9.78 Å². The first-order chi connectivity index (χ1) is 8.37. The molecule has 0 aromatic carbocycles. The first-order valence-electron chi connectivity index (χ1n) is 5.44. The van der Waals surface area contributed by atoms with Gasteiger partial charge in [-0.05, 0) is 32.9 Å². The van der Waals surface area contributed by atoms with Crippen molar-refractivity contribution >= 4 is 17.7 Å². The molecule has 1 N–H and O–H groups in total. The first kappa shape index (κ1) is 14.3. The van der Waals surface area contributed by atoms with E-state index in [4.69, 9.17) is 16.3 Å². The molecule has 0 aliphatic carbocycles. The fourth-order valence-electron chi connectivity index (χ4n) is 1.06. The molecule has 0 unspecified atom stereocenters. The maximum absolute atomic E-state index is 11.3. The number of alkyl carbamates (subject to hydrolysis) is 1. The predicted molar refractivity (Wildman–Crippen MR) is 70.4 cm³/mol. The van der Waals surface area contributed by atoms with Crippen molar-refractivity contribution in [2.45, 2.75) is 26.4 Å². The minimum atomic E-state index is -0.504. The monoisotopic (exact) mass is 266 g/mol. The highest BCUT2D eigenvalue weighted by Crippen LogP contribution is 2.06. The Morgan fingerprint density at radius 2 is 2.28 bits per heavy atom. The van der Waals surface area contributed by atoms with Crippen LogP contribution in [0.4, 0.5) is 4.79 Å². The number of nitrogens with one attached hydrogen (secondary N) is 1. The lowest BCUT2D eigenvalue weighted by Crippen LogP contribution is -2.32. The molecule has 0 radical (unpaired) electrons. The van der Waals surface area contributed by atoms with Gasteiger partial charge >= 0.3 is 6.09 Å². The number of nitrogens with zero attached hydrogens (tertiary/aromatic N) is 1. The third-order valence-corrected chi connectivity index (χ3v) is 1.89. The number of ether oxygens (including phenoxy) is 1. The average molecular weight is 267 g/mol. The fourth-order valence-corrected chi connectivity index (χ4v) is 1.23. The molecule has 1 heterocycles. The number of halogens is 1. The van der Waals surface area contributed by atoms with E-state index in [2.05, 4.69) is 22.1 Å². The van der Waals surface area contributed by atoms with Crippen LogP contribution < -0.4 is 5.32 Å². The largest absolute Gasteiger partial charge is 0.444 e. The standard InChI is InChI=1S/C13H15ClN2O2/c1-13(2,3)18-12(17)16-7-4-5-10-6-8-15-11(14)9-10/h6,8-9H,7H2,1-3H3,(H,16,17). The number of amides is 1. The maximum atomic E-state index is 11.3. The molecule has 96 valence electrons. The minimum Gasteiger partial charge on any atom is -0.444 e. The lowest BCUT2D eigenvalue weighted by atomic mass is 10.2. The van der Waals surface area contributed by atoms with E-state index in [-0.39, 0.29) is 6.54 Å². The van der Waals surface area contributed by atoms with Crippen LogP contribution in [0.3, 0.4) is 0 Å². The van der Waals surface area contributed by atoms with Crippen molar-refractivity contribution < 1.29 is 9.53 Å². The molecule has 0 spiro atoms. The Hall–Kier alpha value is -1.73. The van der Waals surface area contributed by atoms with Gasteiger partial charge in [-0.3, -0.25) is 0 Å². The molecule has 18 heavy (non-hydrogen) atoms. The summed E-state index contributed by atoms with van der Waals surface area (Å²) < 4.78 is 5.06. The lowest BCUT2D eigenvalue weighted by Gasteiger charge is -2.18. The summed E-state index contributed by atoms with van der Waals surface area (Å²) in [6.07, 6.45) is 1.10. The number of hydrogen-bond donors (Lipinski definition) is 1. The Morgan fingerprint density at radius 1 is 1.56 bits per heavy atom. The van der Waals surface area contributed by atoms with Crippen molar-refractivity contribution in [3.63, 3.8) is 0 Å². The van der Waals surface area contributed by atoms with E-state index in [0.717, 1.165) is 5.56 Å². The molecule has 0 bridgehead atoms. The molecule has 0 aliphatic rings. The van der Waals surface area contributed by atoms with E-state index in [9.17, 15) is 4.79 Å². The summed E-state index contributed by atoms with van der Waals surface area (Å²) in [5, 5.41) is 2.93. The summed E-state index contributed by atoms with van der Waals surface area (Å²) >= 11 is 5.71. The number of carbonyl (C=O) groups excluding carboxylic acids is 1. The van der Waals surface area contributed by atoms with Crippen LogP contribution in [0.25, 0.3) is 0 Å². The van der Waals surface area contributed by atoms with Gasteiger partial charge in [0, 0.05) is 11.8 Å². The third kappa shape index (κ3) is 6.12. The summed E-state index contributed by atoms with van der Waals surface area (Å²) in [5.74, 6) is 5.66. The summed E-state index contributed by atoms with van der Waals surface area (Å²) in [7, 11) is 0. The third-order valence-electron chi connectivity index (χ3n) is 1.68. The number of hydrogen-bond acceptors (Lipinski definition) is 3. The van der Waals surface area contributed by atoms with E-state index >= 15 is 0 Å². The van der Waals surface area contributed by atoms with E-state index in [1.165, 1.54) is 0 Å². The van der Waals surface area contributed by atoms with Crippen molar-refractivity contribution in [1.82, 2.24) is 10.3 Å². The fraction of sp³-hybridized carbons (Fsp3) is 0.385. The molecule has 4 nitrogen and oxygen atoms in total. The van der Waals surface area contributed by atoms with Gasteiger partial charge in [0.05, 0.1) is 6.54 Å². The van der Waals surface area contributed by atoms with E-state index < -0.39 is 11.7 Å². The molecule has 1 aromatic heterocycles. The lowest BCUT2D eigenvalue weighted by molar-refractivity contribution is 0.0535. The van der Waals surface area contributed by atoms with E-state index in [1.807, 2.05) is 0 Å². The summed E-state index contributed by atoms with van der Waals surface area (Å²) in [6, 6.07) is 3.40. The van der Waals surface area contributed by atoms with Crippen LogP contribution in [-0.4, -0.2) is 23.2 Å². The Morgan fingerprint density at radius 3 is 2.89 bits per heavy atom. The Kier molecular flexibility index (Phi) is 4.99. The zero-order valence-electron chi connectivity index (χ0n) is 10.6. The normalized spacial score (nSPS) is 10.2. The smallest absolute Gasteiger partial charge is 0.408 e. The second kappa shape index (κ2) is 6.27. The van der Waals surface area contributed by atoms with Crippen LogP contribution in [0.15, 0.2) is 18.3 Å². The van der Waals surface area contributed by atoms with Gasteiger partial charge in [-0.15, -0.1) is 0 Å². The molecular weight excluding hydrogens is 252 g/mol. The predicted octanol–water partition coefficient (Wildman–Crippen LogP) is 2.61. The van der Waals surface area contributed by atoms with Crippen LogP contribution in [0.2, 0.25) is 5.15 Å². The number of carbonyl (C=O) groups is 1. The highest BCUT2D eigenvalue weighted by molar-refractivity contribution is 6.29. The second-order valence-corrected chi connectivity index (χ2v) is 4.91. The molecule has 5 heteroatoms. The Balaban J connectivity index is 2.41. The van der Waals surface area contributed by atoms with Crippen molar-refractivity contribution in [2.75, 3.05) is 6.54 Å². The Bertz CT molecular complexity index is 484. The quantitative estimate of drug-likeness (QED) is 0.628. The highest BCUT2D eigenvalue weighted by atomic mass is 35.5. The summed E-state index contributed by atoms with van der Waals surface area (Å²) in [5.41, 5.74) is 0.247. The van der Waals surface area contributed by atoms with Crippen LogP contribution >= 0.6 is 11.6 Å². The van der Waals surface area contributed by atoms with Crippen LogP contribution in [0.5, 0.6) is 0 Å².